The Hall–Kier alpha value is -1.39. The van der Waals surface area contributed by atoms with Gasteiger partial charge in [0.2, 0.25) is 0 Å². The van der Waals surface area contributed by atoms with E-state index in [2.05, 4.69) is 5.32 Å². The average Bonchev–Trinajstić information content (AvgIpc) is 2.48. The Morgan fingerprint density at radius 3 is 2.45 bits per heavy atom. The normalized spacial score (nSPS) is 24.2. The summed E-state index contributed by atoms with van der Waals surface area (Å²) in [4.78, 5) is 10.9. The van der Waals surface area contributed by atoms with E-state index in [-0.39, 0.29) is 5.92 Å². The van der Waals surface area contributed by atoms with Gasteiger partial charge in [0.05, 0.1) is 12.0 Å². The highest BCUT2D eigenvalue weighted by atomic mass is 16.4. The monoisotopic (exact) mass is 277 g/mol. The summed E-state index contributed by atoms with van der Waals surface area (Å²) in [5.41, 5.74) is 0.926. The highest BCUT2D eigenvalue weighted by molar-refractivity contribution is 5.69. The van der Waals surface area contributed by atoms with Crippen molar-refractivity contribution in [3.05, 3.63) is 35.9 Å². The molecule has 0 radical (unpaired) electrons. The number of hydrogen-bond donors (Lipinski definition) is 3. The summed E-state index contributed by atoms with van der Waals surface area (Å²) in [6.45, 7) is 1.40. The second-order valence-electron chi connectivity index (χ2n) is 5.64. The van der Waals surface area contributed by atoms with Crippen molar-refractivity contribution in [2.24, 2.45) is 11.8 Å². The van der Waals surface area contributed by atoms with E-state index in [0.29, 0.717) is 12.5 Å². The molecule has 0 aromatic heterocycles. The van der Waals surface area contributed by atoms with E-state index in [9.17, 15) is 9.90 Å². The first-order valence-corrected chi connectivity index (χ1v) is 7.33. The van der Waals surface area contributed by atoms with Crippen molar-refractivity contribution >= 4 is 5.97 Å². The first kappa shape index (κ1) is 15.0. The van der Waals surface area contributed by atoms with Gasteiger partial charge < -0.3 is 15.5 Å². The third-order valence-corrected chi connectivity index (χ3v) is 4.15. The summed E-state index contributed by atoms with van der Waals surface area (Å²) in [6.07, 6.45) is 3.01. The number of carboxylic acid groups (broad SMARTS) is 1. The number of carbonyl (C=O) groups is 1. The number of carboxylic acids is 1. The van der Waals surface area contributed by atoms with Gasteiger partial charge in [0, 0.05) is 6.54 Å². The van der Waals surface area contributed by atoms with Crippen LogP contribution in [0.15, 0.2) is 30.3 Å². The lowest BCUT2D eigenvalue weighted by atomic mass is 9.82. The fourth-order valence-electron chi connectivity index (χ4n) is 2.83. The number of benzene rings is 1. The van der Waals surface area contributed by atoms with Crippen LogP contribution in [0.3, 0.4) is 0 Å². The van der Waals surface area contributed by atoms with Gasteiger partial charge in [0.25, 0.3) is 0 Å². The van der Waals surface area contributed by atoms with Crippen LogP contribution in [-0.2, 0) is 4.79 Å². The van der Waals surface area contributed by atoms with E-state index in [0.717, 1.165) is 37.8 Å². The molecule has 1 aromatic rings. The maximum absolute atomic E-state index is 10.9. The predicted octanol–water partition coefficient (Wildman–Crippen LogP) is 2.20. The van der Waals surface area contributed by atoms with Gasteiger partial charge in [-0.25, -0.2) is 0 Å². The molecule has 0 aliphatic heterocycles. The molecule has 2 rings (SSSR count). The molecule has 4 nitrogen and oxygen atoms in total. The van der Waals surface area contributed by atoms with Crippen molar-refractivity contribution < 1.29 is 15.0 Å². The second-order valence-corrected chi connectivity index (χ2v) is 5.64. The third kappa shape index (κ3) is 4.32. The molecule has 0 saturated heterocycles. The first-order chi connectivity index (χ1) is 9.66. The molecule has 4 heteroatoms. The Morgan fingerprint density at radius 1 is 1.20 bits per heavy atom. The Morgan fingerprint density at radius 2 is 1.85 bits per heavy atom. The van der Waals surface area contributed by atoms with Gasteiger partial charge in [-0.3, -0.25) is 4.79 Å². The summed E-state index contributed by atoms with van der Waals surface area (Å²) in [6, 6.07) is 9.62. The molecule has 1 aromatic carbocycles. The predicted molar refractivity (Wildman–Crippen MR) is 77.4 cm³/mol. The minimum atomic E-state index is -0.657. The Balaban J connectivity index is 1.66. The van der Waals surface area contributed by atoms with Gasteiger partial charge in [-0.15, -0.1) is 0 Å². The summed E-state index contributed by atoms with van der Waals surface area (Å²) in [7, 11) is 0. The van der Waals surface area contributed by atoms with Gasteiger partial charge >= 0.3 is 5.97 Å². The van der Waals surface area contributed by atoms with Gasteiger partial charge in [-0.2, -0.15) is 0 Å². The number of nitrogens with one attached hydrogen (secondary N) is 1. The van der Waals surface area contributed by atoms with Crippen LogP contribution in [0.1, 0.15) is 37.4 Å². The minimum absolute atomic E-state index is 0.152. The van der Waals surface area contributed by atoms with Crippen LogP contribution in [-0.4, -0.2) is 29.3 Å². The van der Waals surface area contributed by atoms with E-state index in [1.165, 1.54) is 0 Å². The van der Waals surface area contributed by atoms with Crippen molar-refractivity contribution in [3.8, 4) is 0 Å². The van der Waals surface area contributed by atoms with Crippen LogP contribution >= 0.6 is 0 Å². The van der Waals surface area contributed by atoms with E-state index in [4.69, 9.17) is 5.11 Å². The number of aliphatic hydroxyl groups is 1. The van der Waals surface area contributed by atoms with Crippen molar-refractivity contribution in [2.45, 2.75) is 31.8 Å². The molecule has 3 N–H and O–H groups in total. The molecule has 0 spiro atoms. The van der Waals surface area contributed by atoms with E-state index in [1.54, 1.807) is 0 Å². The number of rotatable bonds is 6. The highest BCUT2D eigenvalue weighted by Gasteiger charge is 2.25. The molecular formula is C16H23NO3. The van der Waals surface area contributed by atoms with Crippen LogP contribution in [0.2, 0.25) is 0 Å². The standard InChI is InChI=1S/C16H23NO3/c18-15(13-4-2-1-3-5-13)11-17-10-12-6-8-14(9-7-12)16(19)20/h1-5,12,14-15,17-18H,6-11H2,(H,19,20). The van der Waals surface area contributed by atoms with Crippen LogP contribution < -0.4 is 5.32 Å². The van der Waals surface area contributed by atoms with E-state index in [1.807, 2.05) is 30.3 Å². The second kappa shape index (κ2) is 7.41. The molecule has 20 heavy (non-hydrogen) atoms. The Kier molecular flexibility index (Phi) is 5.56. The summed E-state index contributed by atoms with van der Waals surface area (Å²) in [5, 5.41) is 22.3. The van der Waals surface area contributed by atoms with Gasteiger partial charge in [0.15, 0.2) is 0 Å². The molecule has 0 bridgehead atoms. The van der Waals surface area contributed by atoms with E-state index >= 15 is 0 Å². The number of aliphatic hydroxyl groups excluding tert-OH is 1. The first-order valence-electron chi connectivity index (χ1n) is 7.33. The van der Waals surface area contributed by atoms with Gasteiger partial charge in [-0.05, 0) is 43.7 Å². The Bertz CT molecular complexity index is 413. The van der Waals surface area contributed by atoms with Crippen LogP contribution in [0.25, 0.3) is 0 Å². The molecule has 0 heterocycles. The quantitative estimate of drug-likeness (QED) is 0.745. The summed E-state index contributed by atoms with van der Waals surface area (Å²) >= 11 is 0. The Labute approximate surface area is 119 Å². The molecule has 1 atom stereocenters. The minimum Gasteiger partial charge on any atom is -0.481 e. The van der Waals surface area contributed by atoms with Crippen LogP contribution in [0, 0.1) is 11.8 Å². The highest BCUT2D eigenvalue weighted by Crippen LogP contribution is 2.28. The third-order valence-electron chi connectivity index (χ3n) is 4.15. The topological polar surface area (TPSA) is 69.6 Å². The molecule has 1 aliphatic rings. The maximum atomic E-state index is 10.9. The summed E-state index contributed by atoms with van der Waals surface area (Å²) < 4.78 is 0. The maximum Gasteiger partial charge on any atom is 0.306 e. The van der Waals surface area contributed by atoms with Gasteiger partial charge in [-0.1, -0.05) is 30.3 Å². The smallest absolute Gasteiger partial charge is 0.306 e. The number of aliphatic carboxylic acids is 1. The lowest BCUT2D eigenvalue weighted by Crippen LogP contribution is -2.31. The fourth-order valence-corrected chi connectivity index (χ4v) is 2.83. The zero-order valence-electron chi connectivity index (χ0n) is 11.7. The molecule has 1 saturated carbocycles. The molecular weight excluding hydrogens is 254 g/mol. The molecule has 0 amide bonds. The van der Waals surface area contributed by atoms with Crippen LogP contribution in [0.5, 0.6) is 0 Å². The SMILES string of the molecule is O=C(O)C1CCC(CNCC(O)c2ccccc2)CC1. The average molecular weight is 277 g/mol. The van der Waals surface area contributed by atoms with Crippen molar-refractivity contribution in [1.82, 2.24) is 5.32 Å². The molecule has 1 aliphatic carbocycles. The zero-order chi connectivity index (χ0) is 14.4. The number of hydrogen-bond acceptors (Lipinski definition) is 3. The van der Waals surface area contributed by atoms with Crippen LogP contribution in [0.4, 0.5) is 0 Å². The van der Waals surface area contributed by atoms with Crippen molar-refractivity contribution in [1.29, 1.82) is 0 Å². The zero-order valence-corrected chi connectivity index (χ0v) is 11.7. The largest absolute Gasteiger partial charge is 0.481 e. The summed E-state index contributed by atoms with van der Waals surface area (Å²) in [5.74, 6) is -0.273. The molecule has 1 unspecified atom stereocenters. The lowest BCUT2D eigenvalue weighted by Gasteiger charge is -2.26. The van der Waals surface area contributed by atoms with E-state index < -0.39 is 12.1 Å². The van der Waals surface area contributed by atoms with Crippen molar-refractivity contribution in [2.75, 3.05) is 13.1 Å². The molecule has 1 fully saturated rings. The van der Waals surface area contributed by atoms with Gasteiger partial charge in [0.1, 0.15) is 0 Å². The molecule has 110 valence electrons. The lowest BCUT2D eigenvalue weighted by molar-refractivity contribution is -0.143. The van der Waals surface area contributed by atoms with Crippen molar-refractivity contribution in [3.63, 3.8) is 0 Å². The fraction of sp³-hybridized carbons (Fsp3) is 0.562.